The highest BCUT2D eigenvalue weighted by Crippen LogP contribution is 3.17. The number of amides is 1. The number of rotatable bonds is 5. The van der Waals surface area contributed by atoms with E-state index in [0.717, 1.165) is 11.6 Å². The minimum absolute atomic E-state index is 0.000684. The van der Waals surface area contributed by atoms with Crippen molar-refractivity contribution in [3.05, 3.63) is 70.8 Å². The first kappa shape index (κ1) is 22.8. The van der Waals surface area contributed by atoms with Gasteiger partial charge in [-0.05, 0) is 74.8 Å². The minimum Gasteiger partial charge on any atom is -0.337 e. The second-order valence-corrected chi connectivity index (χ2v) is 12.2. The average Bonchev–Trinajstić information content (AvgIpc) is 2.86. The minimum atomic E-state index is -4.49. The first-order valence-corrected chi connectivity index (χ1v) is 12.9. The number of carbonyl (C=O) groups is 1. The molecule has 0 aliphatic heterocycles. The molecule has 0 heterocycles. The van der Waals surface area contributed by atoms with Crippen molar-refractivity contribution >= 4 is 5.91 Å². The molecule has 2 aromatic rings. The van der Waals surface area contributed by atoms with Crippen LogP contribution in [0.25, 0.3) is 0 Å². The first-order chi connectivity index (χ1) is 17.5. The molecule has 6 saturated carbocycles. The van der Waals surface area contributed by atoms with Crippen molar-refractivity contribution in [1.29, 1.82) is 10.5 Å². The van der Waals surface area contributed by atoms with Crippen LogP contribution >= 0.6 is 0 Å². The average molecular weight is 502 g/mol. The fraction of sp³-hybridized carbons (Fsp3) is 0.500. The topological polar surface area (TPSA) is 67.9 Å². The molecule has 8 atom stereocenters. The van der Waals surface area contributed by atoms with Crippen LogP contribution < -0.4 is 0 Å². The lowest BCUT2D eigenvalue weighted by molar-refractivity contribution is -0.654. The maximum atomic E-state index is 14.7. The number of nitriles is 2. The zero-order chi connectivity index (χ0) is 26.5. The summed E-state index contributed by atoms with van der Waals surface area (Å²) >= 11 is 0. The Morgan fingerprint density at radius 2 is 1.54 bits per heavy atom. The largest absolute Gasteiger partial charge is 0.416 e. The summed E-state index contributed by atoms with van der Waals surface area (Å²) in [6, 6.07) is 17.3. The van der Waals surface area contributed by atoms with E-state index in [1.54, 1.807) is 18.2 Å². The van der Waals surface area contributed by atoms with E-state index in [2.05, 4.69) is 12.1 Å². The van der Waals surface area contributed by atoms with E-state index in [-0.39, 0.29) is 41.7 Å². The normalized spacial score (nSPS) is 40.7. The van der Waals surface area contributed by atoms with Crippen LogP contribution in [0.3, 0.4) is 0 Å². The van der Waals surface area contributed by atoms with Crippen molar-refractivity contribution in [1.82, 2.24) is 4.90 Å². The molecule has 0 radical (unpaired) electrons. The lowest BCUT2D eigenvalue weighted by atomic mass is 8.83. The fourth-order valence-corrected chi connectivity index (χ4v) is 10.8. The molecule has 188 valence electrons. The van der Waals surface area contributed by atoms with Gasteiger partial charge in [-0.15, -0.1) is 0 Å². The van der Waals surface area contributed by atoms with Gasteiger partial charge in [0, 0.05) is 28.8 Å². The summed E-state index contributed by atoms with van der Waals surface area (Å²) in [5.41, 5.74) is -1.52. The summed E-state index contributed by atoms with van der Waals surface area (Å²) in [6.07, 6.45) is -4.49. The smallest absolute Gasteiger partial charge is 0.337 e. The van der Waals surface area contributed by atoms with Gasteiger partial charge in [-0.3, -0.25) is 4.79 Å². The van der Waals surface area contributed by atoms with E-state index in [9.17, 15) is 28.5 Å². The molecule has 0 spiro atoms. The third-order valence-corrected chi connectivity index (χ3v) is 11.0. The van der Waals surface area contributed by atoms with E-state index >= 15 is 0 Å². The number of benzene rings is 2. The molecule has 8 rings (SSSR count). The van der Waals surface area contributed by atoms with Gasteiger partial charge in [0.15, 0.2) is 0 Å². The Bertz CT molecular complexity index is 1480. The lowest BCUT2D eigenvalue weighted by Gasteiger charge is -3.17. The van der Waals surface area contributed by atoms with E-state index in [1.165, 1.54) is 12.1 Å². The van der Waals surface area contributed by atoms with Crippen molar-refractivity contribution in [3.63, 3.8) is 0 Å². The molecule has 6 aliphatic carbocycles. The van der Waals surface area contributed by atoms with Crippen LogP contribution in [0.1, 0.15) is 49.9 Å². The molecule has 0 N–H and O–H groups in total. The SMILES string of the molecule is CC(C)N(C(=O)C12C3C4C5(C#N)C3C1(c1cccc(C(F)(F)F)c1)C5C42c1ccc(C#N)cc1)C(C)C. The molecular weight excluding hydrogens is 475 g/mol. The van der Waals surface area contributed by atoms with Crippen molar-refractivity contribution in [2.75, 3.05) is 0 Å². The van der Waals surface area contributed by atoms with Crippen molar-refractivity contribution in [3.8, 4) is 12.1 Å². The molecular formula is C30H26F3N3O. The summed E-state index contributed by atoms with van der Waals surface area (Å²) in [5, 5.41) is 19.7. The predicted molar refractivity (Wildman–Crippen MR) is 128 cm³/mol. The maximum Gasteiger partial charge on any atom is 0.416 e. The lowest BCUT2D eigenvalue weighted by Crippen LogP contribution is -3.22. The third-order valence-electron chi connectivity index (χ3n) is 11.0. The Balaban J connectivity index is 1.47. The molecule has 0 aromatic heterocycles. The molecule has 1 amide bonds. The second-order valence-electron chi connectivity index (χ2n) is 12.2. The van der Waals surface area contributed by atoms with Crippen molar-refractivity contribution < 1.29 is 18.0 Å². The van der Waals surface area contributed by atoms with Gasteiger partial charge in [0.1, 0.15) is 0 Å². The summed E-state index contributed by atoms with van der Waals surface area (Å²) in [4.78, 5) is 16.6. The summed E-state index contributed by atoms with van der Waals surface area (Å²) < 4.78 is 41.4. The summed E-state index contributed by atoms with van der Waals surface area (Å²) in [6.45, 7) is 7.89. The molecule has 8 unspecified atom stereocenters. The molecule has 0 bridgehead atoms. The Labute approximate surface area is 213 Å². The van der Waals surface area contributed by atoms with Gasteiger partial charge in [0.25, 0.3) is 0 Å². The van der Waals surface area contributed by atoms with E-state index in [0.29, 0.717) is 11.1 Å². The highest BCUT2D eigenvalue weighted by atomic mass is 19.4. The zero-order valence-corrected chi connectivity index (χ0v) is 21.0. The molecule has 7 heteroatoms. The Morgan fingerprint density at radius 3 is 2.05 bits per heavy atom. The van der Waals surface area contributed by atoms with Gasteiger partial charge in [0.05, 0.1) is 34.1 Å². The summed E-state index contributed by atoms with van der Waals surface area (Å²) in [7, 11) is 0. The number of halogens is 3. The van der Waals surface area contributed by atoms with Gasteiger partial charge in [-0.25, -0.2) is 0 Å². The molecule has 37 heavy (non-hydrogen) atoms. The second kappa shape index (κ2) is 6.21. The van der Waals surface area contributed by atoms with Crippen LogP contribution in [0.4, 0.5) is 13.2 Å². The van der Waals surface area contributed by atoms with Gasteiger partial charge in [-0.2, -0.15) is 23.7 Å². The van der Waals surface area contributed by atoms with Gasteiger partial charge >= 0.3 is 6.18 Å². The van der Waals surface area contributed by atoms with Crippen LogP contribution in [-0.4, -0.2) is 22.9 Å². The third kappa shape index (κ3) is 1.77. The predicted octanol–water partition coefficient (Wildman–Crippen LogP) is 5.43. The highest BCUT2D eigenvalue weighted by Gasteiger charge is 3.22. The summed E-state index contributed by atoms with van der Waals surface area (Å²) in [5.74, 6) is -0.271. The first-order valence-electron chi connectivity index (χ1n) is 12.9. The monoisotopic (exact) mass is 501 g/mol. The Hall–Kier alpha value is -3.32. The number of hydrogen-bond acceptors (Lipinski definition) is 3. The van der Waals surface area contributed by atoms with Gasteiger partial charge in [-0.1, -0.05) is 30.3 Å². The van der Waals surface area contributed by atoms with E-state index in [1.807, 2.05) is 44.7 Å². The fourth-order valence-electron chi connectivity index (χ4n) is 10.8. The van der Waals surface area contributed by atoms with Crippen LogP contribution in [0.2, 0.25) is 0 Å². The number of hydrogen-bond donors (Lipinski definition) is 0. The van der Waals surface area contributed by atoms with Crippen LogP contribution in [0.15, 0.2) is 48.5 Å². The van der Waals surface area contributed by atoms with Gasteiger partial charge < -0.3 is 4.90 Å². The molecule has 6 aliphatic rings. The van der Waals surface area contributed by atoms with Gasteiger partial charge in [0.2, 0.25) is 5.91 Å². The van der Waals surface area contributed by atoms with Crippen molar-refractivity contribution in [2.45, 2.75) is 56.8 Å². The number of nitrogens with zero attached hydrogens (tertiary/aromatic N) is 3. The molecule has 0 saturated heterocycles. The molecule has 6 fully saturated rings. The van der Waals surface area contributed by atoms with Crippen LogP contribution in [-0.2, 0) is 21.8 Å². The highest BCUT2D eigenvalue weighted by molar-refractivity contribution is 6.01. The maximum absolute atomic E-state index is 14.7. The molecule has 2 aromatic carbocycles. The van der Waals surface area contributed by atoms with Crippen LogP contribution in [0, 0.1) is 57.2 Å². The Kier molecular flexibility index (Phi) is 3.83. The van der Waals surface area contributed by atoms with E-state index < -0.39 is 33.4 Å². The number of alkyl halides is 3. The zero-order valence-electron chi connectivity index (χ0n) is 21.0. The van der Waals surface area contributed by atoms with Crippen molar-refractivity contribution in [2.24, 2.45) is 34.5 Å². The molecule has 4 nitrogen and oxygen atoms in total. The quantitative estimate of drug-likeness (QED) is 0.549. The van der Waals surface area contributed by atoms with E-state index in [4.69, 9.17) is 0 Å². The van der Waals surface area contributed by atoms with Crippen LogP contribution in [0.5, 0.6) is 0 Å². The Morgan fingerprint density at radius 1 is 0.946 bits per heavy atom. The standard InChI is InChI=1S/C30H26F3N3O/c1-15(2)36(16(3)4)25(37)29-21-22-26(14-35)23(21)28(29,19-6-5-7-20(12-19)30(31,32)33)24(26)27(22,29)18-10-8-17(13-34)9-11-18/h5-12,15-16,21-24H,1-4H3. The number of carbonyl (C=O) groups excluding carboxylic acids is 1.